The molecule has 0 atom stereocenters. The summed E-state index contributed by atoms with van der Waals surface area (Å²) in [7, 11) is 0. The van der Waals surface area contributed by atoms with E-state index in [4.69, 9.17) is 9.47 Å². The Morgan fingerprint density at radius 1 is 1.20 bits per heavy atom. The predicted molar refractivity (Wildman–Crippen MR) is 111 cm³/mol. The third-order valence-electron chi connectivity index (χ3n) is 4.66. The van der Waals surface area contributed by atoms with Gasteiger partial charge in [-0.2, -0.15) is 4.98 Å². The lowest BCUT2D eigenvalue weighted by molar-refractivity contribution is -0.119. The first-order chi connectivity index (χ1) is 14.6. The molecule has 1 amide bonds. The first-order valence-corrected chi connectivity index (χ1v) is 9.85. The molecule has 0 unspecified atom stereocenters. The second-order valence-electron chi connectivity index (χ2n) is 7.24. The SMILES string of the molecule is CC(C)c1cc(NCC(=O)NCCc2ccc3c(c2)OCO3)nc(-n2ccnc2)n1. The van der Waals surface area contributed by atoms with Crippen molar-refractivity contribution >= 4 is 11.7 Å². The van der Waals surface area contributed by atoms with Gasteiger partial charge in [-0.05, 0) is 30.0 Å². The Bertz CT molecular complexity index is 1020. The normalized spacial score (nSPS) is 12.2. The molecule has 0 aliphatic carbocycles. The maximum atomic E-state index is 12.2. The summed E-state index contributed by atoms with van der Waals surface area (Å²) in [6.45, 7) is 5.03. The van der Waals surface area contributed by atoms with Crippen LogP contribution in [-0.2, 0) is 11.2 Å². The number of imidazole rings is 1. The largest absolute Gasteiger partial charge is 0.454 e. The van der Waals surface area contributed by atoms with Crippen LogP contribution < -0.4 is 20.1 Å². The van der Waals surface area contributed by atoms with Crippen molar-refractivity contribution in [3.63, 3.8) is 0 Å². The number of amides is 1. The maximum Gasteiger partial charge on any atom is 0.239 e. The molecule has 2 N–H and O–H groups in total. The fraction of sp³-hybridized carbons (Fsp3) is 0.333. The topological polar surface area (TPSA) is 103 Å². The minimum absolute atomic E-state index is 0.107. The van der Waals surface area contributed by atoms with E-state index in [1.807, 2.05) is 24.3 Å². The Morgan fingerprint density at radius 2 is 2.07 bits per heavy atom. The molecule has 30 heavy (non-hydrogen) atoms. The number of anilines is 1. The number of fused-ring (bicyclic) bond motifs is 1. The van der Waals surface area contributed by atoms with E-state index in [2.05, 4.69) is 39.4 Å². The molecule has 0 saturated carbocycles. The maximum absolute atomic E-state index is 12.2. The van der Waals surface area contributed by atoms with Gasteiger partial charge in [0.15, 0.2) is 11.5 Å². The van der Waals surface area contributed by atoms with Gasteiger partial charge in [0.25, 0.3) is 0 Å². The minimum Gasteiger partial charge on any atom is -0.454 e. The Labute approximate surface area is 174 Å². The zero-order valence-electron chi connectivity index (χ0n) is 17.0. The average Bonchev–Trinajstić information content (AvgIpc) is 3.43. The molecule has 0 fully saturated rings. The lowest BCUT2D eigenvalue weighted by Gasteiger charge is -2.12. The number of ether oxygens (including phenoxy) is 2. The van der Waals surface area contributed by atoms with Crippen LogP contribution in [0.15, 0.2) is 43.0 Å². The highest BCUT2D eigenvalue weighted by Crippen LogP contribution is 2.32. The first-order valence-electron chi connectivity index (χ1n) is 9.85. The Hall–Kier alpha value is -3.62. The summed E-state index contributed by atoms with van der Waals surface area (Å²) in [5.74, 6) is 2.75. The van der Waals surface area contributed by atoms with Crippen molar-refractivity contribution < 1.29 is 14.3 Å². The highest BCUT2D eigenvalue weighted by Gasteiger charge is 2.13. The average molecular weight is 408 g/mol. The lowest BCUT2D eigenvalue weighted by atomic mass is 10.1. The molecule has 0 spiro atoms. The fourth-order valence-electron chi connectivity index (χ4n) is 3.01. The molecule has 9 heteroatoms. The number of aromatic nitrogens is 4. The van der Waals surface area contributed by atoms with Gasteiger partial charge in [-0.25, -0.2) is 9.97 Å². The third-order valence-corrected chi connectivity index (χ3v) is 4.66. The minimum atomic E-state index is -0.107. The monoisotopic (exact) mass is 408 g/mol. The van der Waals surface area contributed by atoms with E-state index < -0.39 is 0 Å². The van der Waals surface area contributed by atoms with Crippen LogP contribution in [0.3, 0.4) is 0 Å². The van der Waals surface area contributed by atoms with Gasteiger partial charge in [0.05, 0.1) is 12.2 Å². The molecule has 9 nitrogen and oxygen atoms in total. The molecular weight excluding hydrogens is 384 g/mol. The number of hydrogen-bond donors (Lipinski definition) is 2. The van der Waals surface area contributed by atoms with E-state index in [1.165, 1.54) is 0 Å². The zero-order valence-corrected chi connectivity index (χ0v) is 17.0. The molecule has 156 valence electrons. The lowest BCUT2D eigenvalue weighted by Crippen LogP contribution is -2.31. The molecule has 0 radical (unpaired) electrons. The molecule has 0 saturated heterocycles. The molecule has 1 aliphatic rings. The fourth-order valence-corrected chi connectivity index (χ4v) is 3.01. The van der Waals surface area contributed by atoms with E-state index in [9.17, 15) is 4.79 Å². The standard InChI is InChI=1S/C21H24N6O3/c1-14(2)16-10-19(26-21(25-16)27-8-7-22-12-27)24-11-20(28)23-6-5-15-3-4-17-18(9-15)30-13-29-17/h3-4,7-10,12,14H,5-6,11,13H2,1-2H3,(H,23,28)(H,24,25,26). The van der Waals surface area contributed by atoms with Crippen LogP contribution >= 0.6 is 0 Å². The van der Waals surface area contributed by atoms with Gasteiger partial charge in [-0.3, -0.25) is 9.36 Å². The van der Waals surface area contributed by atoms with Crippen LogP contribution in [0.4, 0.5) is 5.82 Å². The molecule has 2 aromatic heterocycles. The van der Waals surface area contributed by atoms with Crippen molar-refractivity contribution in [2.24, 2.45) is 0 Å². The number of benzene rings is 1. The summed E-state index contributed by atoms with van der Waals surface area (Å²) in [6, 6.07) is 7.67. The number of rotatable bonds is 8. The third kappa shape index (κ3) is 4.68. The van der Waals surface area contributed by atoms with Gasteiger partial charge >= 0.3 is 0 Å². The van der Waals surface area contributed by atoms with Gasteiger partial charge < -0.3 is 20.1 Å². The highest BCUT2D eigenvalue weighted by atomic mass is 16.7. The van der Waals surface area contributed by atoms with Crippen molar-refractivity contribution in [3.8, 4) is 17.4 Å². The van der Waals surface area contributed by atoms with E-state index in [0.29, 0.717) is 24.7 Å². The van der Waals surface area contributed by atoms with E-state index in [0.717, 1.165) is 22.8 Å². The second kappa shape index (κ2) is 8.81. The van der Waals surface area contributed by atoms with Crippen LogP contribution in [-0.4, -0.2) is 45.3 Å². The molecule has 3 heterocycles. The van der Waals surface area contributed by atoms with Crippen molar-refractivity contribution in [1.29, 1.82) is 0 Å². The van der Waals surface area contributed by atoms with Crippen LogP contribution in [0, 0.1) is 0 Å². The molecule has 3 aromatic rings. The van der Waals surface area contributed by atoms with Gasteiger partial charge in [0.2, 0.25) is 18.6 Å². The Kier molecular flexibility index (Phi) is 5.78. The van der Waals surface area contributed by atoms with Crippen molar-refractivity contribution in [3.05, 3.63) is 54.2 Å². The summed E-state index contributed by atoms with van der Waals surface area (Å²) >= 11 is 0. The number of nitrogens with zero attached hydrogens (tertiary/aromatic N) is 4. The molecule has 0 bridgehead atoms. The number of hydrogen-bond acceptors (Lipinski definition) is 7. The van der Waals surface area contributed by atoms with Gasteiger partial charge in [0, 0.05) is 25.0 Å². The smallest absolute Gasteiger partial charge is 0.239 e. The summed E-state index contributed by atoms with van der Waals surface area (Å²) in [4.78, 5) is 25.3. The van der Waals surface area contributed by atoms with E-state index in [1.54, 1.807) is 23.3 Å². The van der Waals surface area contributed by atoms with Crippen molar-refractivity contribution in [1.82, 2.24) is 24.8 Å². The Morgan fingerprint density at radius 3 is 2.87 bits per heavy atom. The van der Waals surface area contributed by atoms with Gasteiger partial charge in [-0.1, -0.05) is 19.9 Å². The summed E-state index contributed by atoms with van der Waals surface area (Å²) in [6.07, 6.45) is 5.81. The highest BCUT2D eigenvalue weighted by molar-refractivity contribution is 5.80. The van der Waals surface area contributed by atoms with Crippen LogP contribution in [0.2, 0.25) is 0 Å². The Balaban J connectivity index is 1.31. The first kappa shape index (κ1) is 19.7. The quantitative estimate of drug-likeness (QED) is 0.589. The summed E-state index contributed by atoms with van der Waals surface area (Å²) in [5.41, 5.74) is 1.97. The predicted octanol–water partition coefficient (Wildman–Crippen LogP) is 2.29. The zero-order chi connectivity index (χ0) is 20.9. The molecule has 1 aliphatic heterocycles. The van der Waals surface area contributed by atoms with E-state index >= 15 is 0 Å². The van der Waals surface area contributed by atoms with Gasteiger partial charge in [0.1, 0.15) is 12.1 Å². The van der Waals surface area contributed by atoms with Crippen LogP contribution in [0.25, 0.3) is 5.95 Å². The second-order valence-corrected chi connectivity index (χ2v) is 7.24. The van der Waals surface area contributed by atoms with Crippen LogP contribution in [0.5, 0.6) is 11.5 Å². The number of nitrogens with one attached hydrogen (secondary N) is 2. The molecular formula is C21H24N6O3. The number of carbonyl (C=O) groups excluding carboxylic acids is 1. The van der Waals surface area contributed by atoms with Crippen molar-refractivity contribution in [2.45, 2.75) is 26.2 Å². The molecule has 4 rings (SSSR count). The summed E-state index contributed by atoms with van der Waals surface area (Å²) in [5, 5.41) is 6.01. The van der Waals surface area contributed by atoms with Crippen LogP contribution in [0.1, 0.15) is 31.0 Å². The van der Waals surface area contributed by atoms with Crippen molar-refractivity contribution in [2.75, 3.05) is 25.2 Å². The van der Waals surface area contributed by atoms with Gasteiger partial charge in [-0.15, -0.1) is 0 Å². The molecule has 1 aromatic carbocycles. The van der Waals surface area contributed by atoms with E-state index in [-0.39, 0.29) is 25.2 Å². The summed E-state index contributed by atoms with van der Waals surface area (Å²) < 4.78 is 12.4. The number of carbonyl (C=O) groups is 1.